The number of carbonyl (C=O) groups is 1. The fourth-order valence-corrected chi connectivity index (χ4v) is 2.94. The Labute approximate surface area is 119 Å². The van der Waals surface area contributed by atoms with Crippen LogP contribution < -0.4 is 5.32 Å². The molecule has 0 bridgehead atoms. The van der Waals surface area contributed by atoms with Crippen LogP contribution in [0.5, 0.6) is 0 Å². The maximum atomic E-state index is 12.0. The molecule has 2 N–H and O–H groups in total. The van der Waals surface area contributed by atoms with Crippen molar-refractivity contribution < 1.29 is 9.90 Å². The van der Waals surface area contributed by atoms with Gasteiger partial charge in [-0.2, -0.15) is 0 Å². The van der Waals surface area contributed by atoms with Gasteiger partial charge in [-0.25, -0.2) is 4.98 Å². The lowest BCUT2D eigenvalue weighted by Gasteiger charge is -1.99. The molecule has 0 saturated carbocycles. The zero-order valence-corrected chi connectivity index (χ0v) is 11.9. The molecule has 4 nitrogen and oxygen atoms in total. The van der Waals surface area contributed by atoms with Crippen LogP contribution in [0.15, 0.2) is 17.6 Å². The van der Waals surface area contributed by atoms with Crippen molar-refractivity contribution in [2.75, 3.05) is 6.61 Å². The van der Waals surface area contributed by atoms with Gasteiger partial charge in [0.1, 0.15) is 11.6 Å². The normalized spacial score (nSPS) is 9.79. The molecule has 1 amide bonds. The van der Waals surface area contributed by atoms with Gasteiger partial charge in [-0.3, -0.25) is 4.79 Å². The highest BCUT2D eigenvalue weighted by atomic mass is 32.1. The van der Waals surface area contributed by atoms with E-state index in [0.29, 0.717) is 11.4 Å². The molecule has 2 aromatic rings. The molecule has 0 fully saturated rings. The third-order valence-electron chi connectivity index (χ3n) is 2.31. The highest BCUT2D eigenvalue weighted by Gasteiger charge is 2.11. The quantitative estimate of drug-likeness (QED) is 0.848. The lowest BCUT2D eigenvalue weighted by atomic mass is 10.2. The number of thiophene rings is 1. The van der Waals surface area contributed by atoms with E-state index >= 15 is 0 Å². The first-order valence-electron chi connectivity index (χ1n) is 5.57. The van der Waals surface area contributed by atoms with Gasteiger partial charge >= 0.3 is 0 Å². The predicted molar refractivity (Wildman–Crippen MR) is 76.3 cm³/mol. The Morgan fingerprint density at radius 2 is 2.42 bits per heavy atom. The van der Waals surface area contributed by atoms with Crippen LogP contribution >= 0.6 is 22.7 Å². The third-order valence-corrected chi connectivity index (χ3v) is 4.24. The van der Waals surface area contributed by atoms with Crippen molar-refractivity contribution >= 4 is 28.6 Å². The minimum absolute atomic E-state index is 0.125. The number of aryl methyl sites for hydroxylation is 1. The zero-order valence-electron chi connectivity index (χ0n) is 10.3. The molecule has 0 saturated heterocycles. The Bertz CT molecular complexity index is 621. The summed E-state index contributed by atoms with van der Waals surface area (Å²) in [7, 11) is 0. The molecule has 2 rings (SSSR count). The van der Waals surface area contributed by atoms with Gasteiger partial charge in [0.2, 0.25) is 0 Å². The predicted octanol–water partition coefficient (Wildman–Crippen LogP) is 1.79. The summed E-state index contributed by atoms with van der Waals surface area (Å²) in [5.74, 6) is 5.30. The second-order valence-corrected chi connectivity index (χ2v) is 5.72. The van der Waals surface area contributed by atoms with Gasteiger partial charge in [0.05, 0.1) is 16.3 Å². The molecule has 0 aromatic carbocycles. The number of aliphatic hydroxyl groups is 1. The van der Waals surface area contributed by atoms with Crippen molar-refractivity contribution in [3.8, 4) is 11.8 Å². The molecule has 0 aliphatic heterocycles. The second kappa shape index (κ2) is 6.48. The van der Waals surface area contributed by atoms with Gasteiger partial charge in [0, 0.05) is 11.6 Å². The van der Waals surface area contributed by atoms with E-state index in [9.17, 15) is 4.79 Å². The lowest BCUT2D eigenvalue weighted by molar-refractivity contribution is 0.0955. The number of hydrogen-bond acceptors (Lipinski definition) is 5. The summed E-state index contributed by atoms with van der Waals surface area (Å²) in [5.41, 5.74) is 0.949. The van der Waals surface area contributed by atoms with Gasteiger partial charge < -0.3 is 10.4 Å². The van der Waals surface area contributed by atoms with Crippen LogP contribution in [0.25, 0.3) is 0 Å². The molecule has 0 atom stereocenters. The van der Waals surface area contributed by atoms with E-state index in [0.717, 1.165) is 15.4 Å². The number of amides is 1. The number of aromatic nitrogens is 1. The smallest absolute Gasteiger partial charge is 0.261 e. The Morgan fingerprint density at radius 3 is 3.11 bits per heavy atom. The topological polar surface area (TPSA) is 62.2 Å². The van der Waals surface area contributed by atoms with Gasteiger partial charge in [-0.05, 0) is 18.6 Å². The van der Waals surface area contributed by atoms with Crippen LogP contribution in [0.3, 0.4) is 0 Å². The molecule has 98 valence electrons. The molecule has 2 aromatic heterocycles. The molecule has 0 spiro atoms. The highest BCUT2D eigenvalue weighted by molar-refractivity contribution is 7.14. The molecule has 19 heavy (non-hydrogen) atoms. The van der Waals surface area contributed by atoms with Crippen LogP contribution in [0.1, 0.15) is 25.1 Å². The Morgan fingerprint density at radius 1 is 1.58 bits per heavy atom. The number of nitrogens with zero attached hydrogens (tertiary/aromatic N) is 1. The van der Waals surface area contributed by atoms with Crippen LogP contribution in [0.4, 0.5) is 0 Å². The molecule has 2 heterocycles. The average Bonchev–Trinajstić information content (AvgIpc) is 3.03. The fraction of sp³-hybridized carbons (Fsp3) is 0.231. The molecule has 0 radical (unpaired) electrons. The Hall–Kier alpha value is -1.68. The Kier molecular flexibility index (Phi) is 4.68. The first-order valence-corrected chi connectivity index (χ1v) is 7.27. The molecular formula is C13H12N2O2S2. The maximum Gasteiger partial charge on any atom is 0.261 e. The average molecular weight is 292 g/mol. The number of thiazole rings is 1. The van der Waals surface area contributed by atoms with Crippen LogP contribution in [-0.2, 0) is 6.54 Å². The molecule has 6 heteroatoms. The molecule has 0 unspecified atom stereocenters. The van der Waals surface area contributed by atoms with Crippen LogP contribution in [0, 0.1) is 18.8 Å². The van der Waals surface area contributed by atoms with E-state index < -0.39 is 0 Å². The SMILES string of the molecule is Cc1cc(C(=O)NCc2nccs2)sc1C#CCO. The van der Waals surface area contributed by atoms with Gasteiger partial charge in [0.25, 0.3) is 5.91 Å². The van der Waals surface area contributed by atoms with Crippen molar-refractivity contribution in [2.24, 2.45) is 0 Å². The van der Waals surface area contributed by atoms with E-state index in [-0.39, 0.29) is 12.5 Å². The monoisotopic (exact) mass is 292 g/mol. The van der Waals surface area contributed by atoms with Gasteiger partial charge in [0.15, 0.2) is 0 Å². The van der Waals surface area contributed by atoms with Gasteiger partial charge in [-0.15, -0.1) is 22.7 Å². The summed E-state index contributed by atoms with van der Waals surface area (Å²) in [5, 5.41) is 14.2. The largest absolute Gasteiger partial charge is 0.384 e. The summed E-state index contributed by atoms with van der Waals surface area (Å²) in [6, 6.07) is 1.81. The fourth-order valence-electron chi connectivity index (χ4n) is 1.42. The highest BCUT2D eigenvalue weighted by Crippen LogP contribution is 2.21. The number of nitrogens with one attached hydrogen (secondary N) is 1. The maximum absolute atomic E-state index is 12.0. The standard InChI is InChI=1S/C13H12N2O2S2/c1-9-7-11(19-10(9)3-2-5-16)13(17)15-8-12-14-4-6-18-12/h4,6-7,16H,5,8H2,1H3,(H,15,17). The van der Waals surface area contributed by atoms with Crippen molar-refractivity contribution in [3.05, 3.63) is 38.0 Å². The van der Waals surface area contributed by atoms with E-state index in [1.165, 1.54) is 22.7 Å². The second-order valence-electron chi connectivity index (χ2n) is 3.69. The summed E-state index contributed by atoms with van der Waals surface area (Å²) in [4.78, 5) is 17.5. The van der Waals surface area contributed by atoms with Crippen molar-refractivity contribution in [2.45, 2.75) is 13.5 Å². The summed E-state index contributed by atoms with van der Waals surface area (Å²) in [6.45, 7) is 2.16. The zero-order chi connectivity index (χ0) is 13.7. The summed E-state index contributed by atoms with van der Waals surface area (Å²) >= 11 is 2.84. The summed E-state index contributed by atoms with van der Waals surface area (Å²) in [6.07, 6.45) is 1.71. The number of aliphatic hydroxyl groups excluding tert-OH is 1. The summed E-state index contributed by atoms with van der Waals surface area (Å²) < 4.78 is 0. The van der Waals surface area contributed by atoms with E-state index in [1.54, 1.807) is 6.20 Å². The minimum Gasteiger partial charge on any atom is -0.384 e. The van der Waals surface area contributed by atoms with Crippen molar-refractivity contribution in [1.82, 2.24) is 10.3 Å². The van der Waals surface area contributed by atoms with E-state index in [2.05, 4.69) is 22.1 Å². The Balaban J connectivity index is 2.03. The number of rotatable bonds is 3. The van der Waals surface area contributed by atoms with Crippen molar-refractivity contribution in [3.63, 3.8) is 0 Å². The molecular weight excluding hydrogens is 280 g/mol. The first kappa shape index (κ1) is 13.7. The minimum atomic E-state index is -0.178. The number of hydrogen-bond donors (Lipinski definition) is 2. The van der Waals surface area contributed by atoms with E-state index in [1.807, 2.05) is 18.4 Å². The van der Waals surface area contributed by atoms with Crippen molar-refractivity contribution in [1.29, 1.82) is 0 Å². The lowest BCUT2D eigenvalue weighted by Crippen LogP contribution is -2.21. The number of carbonyl (C=O) groups excluding carboxylic acids is 1. The van der Waals surface area contributed by atoms with Crippen LogP contribution in [-0.4, -0.2) is 22.6 Å². The molecule has 0 aliphatic rings. The first-order chi connectivity index (χ1) is 9.20. The van der Waals surface area contributed by atoms with Crippen LogP contribution in [0.2, 0.25) is 0 Å². The van der Waals surface area contributed by atoms with E-state index in [4.69, 9.17) is 5.11 Å². The molecule has 0 aliphatic carbocycles. The third kappa shape index (κ3) is 3.64. The van der Waals surface area contributed by atoms with Gasteiger partial charge in [-0.1, -0.05) is 11.8 Å².